The van der Waals surface area contributed by atoms with E-state index in [9.17, 15) is 23.2 Å². The lowest BCUT2D eigenvalue weighted by Crippen LogP contribution is -2.11. The lowest BCUT2D eigenvalue weighted by Gasteiger charge is -2.15. The van der Waals surface area contributed by atoms with Crippen molar-refractivity contribution in [2.45, 2.75) is 6.92 Å². The van der Waals surface area contributed by atoms with Gasteiger partial charge in [-0.25, -0.2) is 18.6 Å². The number of rotatable bonds is 8. The minimum absolute atomic E-state index is 0.0659. The average molecular weight is 508 g/mol. The maximum Gasteiger partial charge on any atom is 0.349 e. The maximum atomic E-state index is 13.6. The summed E-state index contributed by atoms with van der Waals surface area (Å²) >= 11 is 0.955. The number of aromatic nitrogens is 1. The molecule has 0 radical (unpaired) electrons. The second kappa shape index (κ2) is 10.6. The Morgan fingerprint density at radius 1 is 0.861 bits per heavy atom. The summed E-state index contributed by atoms with van der Waals surface area (Å²) < 4.78 is 37.4. The molecule has 0 unspecified atom stereocenters. The van der Waals surface area contributed by atoms with Crippen LogP contribution in [0.4, 0.5) is 8.78 Å². The minimum Gasteiger partial charge on any atom is -0.497 e. The number of nitrogens with zero attached hydrogens (tertiary/aromatic N) is 1. The normalized spacial score (nSPS) is 10.7. The summed E-state index contributed by atoms with van der Waals surface area (Å²) in [6.45, 7) is 1.83. The summed E-state index contributed by atoms with van der Waals surface area (Å²) in [6, 6.07) is 12.8. The molecule has 4 rings (SSSR count). The zero-order valence-corrected chi connectivity index (χ0v) is 20.0. The highest BCUT2D eigenvalue weighted by atomic mass is 32.1. The van der Waals surface area contributed by atoms with Crippen molar-refractivity contribution in [3.05, 3.63) is 106 Å². The zero-order chi connectivity index (χ0) is 25.8. The number of carbonyl (C=O) groups excluding carboxylic acids is 3. The molecule has 0 amide bonds. The van der Waals surface area contributed by atoms with Crippen LogP contribution in [0, 0.1) is 11.6 Å². The van der Waals surface area contributed by atoms with Gasteiger partial charge >= 0.3 is 5.97 Å². The Balaban J connectivity index is 1.96. The van der Waals surface area contributed by atoms with Crippen molar-refractivity contribution in [1.29, 1.82) is 0 Å². The Morgan fingerprint density at radius 3 is 1.81 bits per heavy atom. The Kier molecular flexibility index (Phi) is 7.30. The molecule has 0 aliphatic rings. The molecule has 0 aliphatic carbocycles. The van der Waals surface area contributed by atoms with Gasteiger partial charge in [-0.3, -0.25) is 9.59 Å². The van der Waals surface area contributed by atoms with Crippen molar-refractivity contribution in [3.63, 3.8) is 0 Å². The lowest BCUT2D eigenvalue weighted by atomic mass is 9.90. The van der Waals surface area contributed by atoms with E-state index in [1.165, 1.54) is 49.7 Å². The topological polar surface area (TPSA) is 82.6 Å². The summed E-state index contributed by atoms with van der Waals surface area (Å²) in [6.07, 6.45) is 1.31. The SMILES string of the molecule is CCOC(=O)c1cnc(-c2c(C(=O)c3ccc(F)cc3)cc(OC)cc2C(=O)c2ccc(F)cc2)s1. The van der Waals surface area contributed by atoms with Gasteiger partial charge in [0.05, 0.1) is 19.9 Å². The van der Waals surface area contributed by atoms with E-state index in [1.807, 2.05) is 0 Å². The van der Waals surface area contributed by atoms with Crippen LogP contribution < -0.4 is 4.74 Å². The van der Waals surface area contributed by atoms with Crippen LogP contribution in [0.5, 0.6) is 5.75 Å². The Morgan fingerprint density at radius 2 is 1.36 bits per heavy atom. The van der Waals surface area contributed by atoms with Gasteiger partial charge in [0.2, 0.25) is 0 Å². The van der Waals surface area contributed by atoms with Crippen LogP contribution in [0.2, 0.25) is 0 Å². The number of ether oxygens (including phenoxy) is 2. The van der Waals surface area contributed by atoms with Gasteiger partial charge in [0, 0.05) is 27.8 Å². The summed E-state index contributed by atoms with van der Waals surface area (Å²) in [5, 5.41) is 0.219. The number of benzene rings is 3. The maximum absolute atomic E-state index is 13.6. The molecule has 4 aromatic rings. The molecule has 3 aromatic carbocycles. The molecule has 0 aliphatic heterocycles. The third kappa shape index (κ3) is 5.06. The van der Waals surface area contributed by atoms with Crippen LogP contribution in [0.15, 0.2) is 66.9 Å². The summed E-state index contributed by atoms with van der Waals surface area (Å²) in [5.41, 5.74) is 0.647. The van der Waals surface area contributed by atoms with Gasteiger partial charge in [0.15, 0.2) is 11.6 Å². The molecule has 1 aromatic heterocycles. The molecule has 0 saturated carbocycles. The highest BCUT2D eigenvalue weighted by molar-refractivity contribution is 7.16. The largest absolute Gasteiger partial charge is 0.497 e. The number of ketones is 2. The van der Waals surface area contributed by atoms with E-state index in [0.717, 1.165) is 35.6 Å². The van der Waals surface area contributed by atoms with E-state index in [-0.39, 0.29) is 50.1 Å². The average Bonchev–Trinajstić information content (AvgIpc) is 3.38. The molecule has 6 nitrogen and oxygen atoms in total. The standard InChI is InChI=1S/C27H19F2NO5S/c1-3-35-27(33)22-14-30-26(36-22)23-20(24(31)15-4-8-17(28)9-5-15)12-19(34-2)13-21(23)25(32)16-6-10-18(29)11-7-16/h4-14H,3H2,1-2H3. The van der Waals surface area contributed by atoms with Crippen LogP contribution in [-0.4, -0.2) is 36.2 Å². The summed E-state index contributed by atoms with van der Waals surface area (Å²) in [4.78, 5) is 43.9. The van der Waals surface area contributed by atoms with Gasteiger partial charge in [-0.1, -0.05) is 0 Å². The van der Waals surface area contributed by atoms with Crippen molar-refractivity contribution >= 4 is 28.9 Å². The predicted octanol–water partition coefficient (Wildman–Crippen LogP) is 5.74. The van der Waals surface area contributed by atoms with Crippen LogP contribution in [0.3, 0.4) is 0 Å². The number of thiazole rings is 1. The van der Waals surface area contributed by atoms with Crippen molar-refractivity contribution in [1.82, 2.24) is 4.98 Å². The molecule has 0 N–H and O–H groups in total. The fourth-order valence-corrected chi connectivity index (χ4v) is 4.41. The second-order valence-electron chi connectivity index (χ2n) is 7.52. The molecule has 0 saturated heterocycles. The van der Waals surface area contributed by atoms with Gasteiger partial charge < -0.3 is 9.47 Å². The molecule has 36 heavy (non-hydrogen) atoms. The number of methoxy groups -OCH3 is 1. The van der Waals surface area contributed by atoms with E-state index >= 15 is 0 Å². The second-order valence-corrected chi connectivity index (χ2v) is 8.55. The van der Waals surface area contributed by atoms with Gasteiger partial charge in [0.1, 0.15) is 27.3 Å². The number of esters is 1. The molecule has 182 valence electrons. The Bertz CT molecular complexity index is 1370. The third-order valence-corrected chi connectivity index (χ3v) is 6.24. The van der Waals surface area contributed by atoms with Crippen LogP contribution >= 0.6 is 11.3 Å². The fourth-order valence-electron chi connectivity index (χ4n) is 3.52. The number of carbonyl (C=O) groups is 3. The summed E-state index contributed by atoms with van der Waals surface area (Å²) in [7, 11) is 1.38. The minimum atomic E-state index is -0.590. The van der Waals surface area contributed by atoms with Crippen molar-refractivity contribution in [2.75, 3.05) is 13.7 Å². The molecular formula is C27H19F2NO5S. The van der Waals surface area contributed by atoms with Gasteiger partial charge in [-0.05, 0) is 67.6 Å². The van der Waals surface area contributed by atoms with E-state index in [1.54, 1.807) is 6.92 Å². The van der Waals surface area contributed by atoms with Gasteiger partial charge in [-0.15, -0.1) is 11.3 Å². The molecule has 0 fully saturated rings. The van der Waals surface area contributed by atoms with E-state index in [4.69, 9.17) is 9.47 Å². The van der Waals surface area contributed by atoms with Gasteiger partial charge in [0.25, 0.3) is 0 Å². The van der Waals surface area contributed by atoms with E-state index < -0.39 is 29.2 Å². The van der Waals surface area contributed by atoms with Gasteiger partial charge in [-0.2, -0.15) is 0 Å². The van der Waals surface area contributed by atoms with E-state index in [0.29, 0.717) is 0 Å². The molecule has 0 spiro atoms. The Hall–Kier alpha value is -4.24. The quantitative estimate of drug-likeness (QED) is 0.224. The first-order valence-corrected chi connectivity index (χ1v) is 11.6. The number of hydrogen-bond acceptors (Lipinski definition) is 7. The number of hydrogen-bond donors (Lipinski definition) is 0. The first kappa shape index (κ1) is 24.9. The lowest BCUT2D eigenvalue weighted by molar-refractivity contribution is 0.0531. The van der Waals surface area contributed by atoms with Crippen molar-refractivity contribution < 1.29 is 32.6 Å². The van der Waals surface area contributed by atoms with Crippen LogP contribution in [-0.2, 0) is 4.74 Å². The molecule has 9 heteroatoms. The Labute approximate surface area is 209 Å². The van der Waals surface area contributed by atoms with Crippen molar-refractivity contribution in [2.24, 2.45) is 0 Å². The van der Waals surface area contributed by atoms with Crippen molar-refractivity contribution in [3.8, 4) is 16.3 Å². The monoisotopic (exact) mass is 507 g/mol. The predicted molar refractivity (Wildman–Crippen MR) is 130 cm³/mol. The molecular weight excluding hydrogens is 488 g/mol. The molecule has 0 bridgehead atoms. The number of halogens is 2. The van der Waals surface area contributed by atoms with Crippen LogP contribution in [0.1, 0.15) is 48.4 Å². The zero-order valence-electron chi connectivity index (χ0n) is 19.2. The third-order valence-electron chi connectivity index (χ3n) is 5.25. The fraction of sp³-hybridized carbons (Fsp3) is 0.111. The smallest absolute Gasteiger partial charge is 0.349 e. The van der Waals surface area contributed by atoms with E-state index in [2.05, 4.69) is 4.98 Å². The first-order valence-electron chi connectivity index (χ1n) is 10.8. The van der Waals surface area contributed by atoms with Crippen LogP contribution in [0.25, 0.3) is 10.6 Å². The first-order chi connectivity index (χ1) is 17.3. The highest BCUT2D eigenvalue weighted by Crippen LogP contribution is 2.37. The highest BCUT2D eigenvalue weighted by Gasteiger charge is 2.27. The molecule has 1 heterocycles. The molecule has 0 atom stereocenters. The summed E-state index contributed by atoms with van der Waals surface area (Å²) in [5.74, 6) is -2.41.